The largest absolute Gasteiger partial charge is 0.325 e. The summed E-state index contributed by atoms with van der Waals surface area (Å²) in [6.07, 6.45) is 1.12. The van der Waals surface area contributed by atoms with Crippen LogP contribution in [-0.4, -0.2) is 49.5 Å². The van der Waals surface area contributed by atoms with E-state index in [9.17, 15) is 13.2 Å². The van der Waals surface area contributed by atoms with Crippen LogP contribution >= 0.6 is 0 Å². The predicted octanol–water partition coefficient (Wildman–Crippen LogP) is -0.413. The summed E-state index contributed by atoms with van der Waals surface area (Å²) >= 11 is 0. The van der Waals surface area contributed by atoms with Gasteiger partial charge in [-0.15, -0.1) is 0 Å². The summed E-state index contributed by atoms with van der Waals surface area (Å²) in [6.45, 7) is 5.66. The molecule has 0 aliphatic carbocycles. The first-order chi connectivity index (χ1) is 6.65. The van der Waals surface area contributed by atoms with Gasteiger partial charge in [0.2, 0.25) is 5.91 Å². The van der Waals surface area contributed by atoms with Crippen molar-refractivity contribution in [3.8, 4) is 0 Å². The van der Waals surface area contributed by atoms with Gasteiger partial charge >= 0.3 is 0 Å². The van der Waals surface area contributed by atoms with E-state index < -0.39 is 14.6 Å². The molecular formula is C9H18N2O3S. The SMILES string of the molecule is CC1NCC(=O)N1CC(C)(C)S(C)(=O)=O. The summed E-state index contributed by atoms with van der Waals surface area (Å²) in [6, 6.07) is 0. The topological polar surface area (TPSA) is 66.5 Å². The van der Waals surface area contributed by atoms with Crippen molar-refractivity contribution >= 4 is 15.7 Å². The van der Waals surface area contributed by atoms with Crippen LogP contribution in [0.25, 0.3) is 0 Å². The Morgan fingerprint density at radius 2 is 2.07 bits per heavy atom. The molecule has 5 nitrogen and oxygen atoms in total. The molecule has 1 rings (SSSR count). The van der Waals surface area contributed by atoms with Crippen LogP contribution in [0.5, 0.6) is 0 Å². The van der Waals surface area contributed by atoms with Gasteiger partial charge in [-0.2, -0.15) is 0 Å². The molecule has 0 radical (unpaired) electrons. The van der Waals surface area contributed by atoms with Crippen molar-refractivity contribution in [1.29, 1.82) is 0 Å². The number of carbonyl (C=O) groups is 1. The highest BCUT2D eigenvalue weighted by Crippen LogP contribution is 2.19. The van der Waals surface area contributed by atoms with E-state index in [1.165, 1.54) is 6.26 Å². The van der Waals surface area contributed by atoms with E-state index in [4.69, 9.17) is 0 Å². The molecule has 0 saturated carbocycles. The van der Waals surface area contributed by atoms with Gasteiger partial charge in [0, 0.05) is 12.8 Å². The molecule has 1 N–H and O–H groups in total. The van der Waals surface area contributed by atoms with Crippen LogP contribution < -0.4 is 5.32 Å². The van der Waals surface area contributed by atoms with Crippen LogP contribution in [0.15, 0.2) is 0 Å². The van der Waals surface area contributed by atoms with Crippen molar-refractivity contribution in [2.45, 2.75) is 31.7 Å². The van der Waals surface area contributed by atoms with Crippen molar-refractivity contribution in [2.75, 3.05) is 19.3 Å². The van der Waals surface area contributed by atoms with E-state index in [0.717, 1.165) is 0 Å². The smallest absolute Gasteiger partial charge is 0.237 e. The Morgan fingerprint density at radius 1 is 1.53 bits per heavy atom. The van der Waals surface area contributed by atoms with Crippen molar-refractivity contribution in [3.63, 3.8) is 0 Å². The summed E-state index contributed by atoms with van der Waals surface area (Å²) in [7, 11) is -3.16. The number of carbonyl (C=O) groups excluding carboxylic acids is 1. The van der Waals surface area contributed by atoms with E-state index in [1.807, 2.05) is 6.92 Å². The first-order valence-corrected chi connectivity index (χ1v) is 6.77. The second-order valence-corrected chi connectivity index (χ2v) is 7.26. The van der Waals surface area contributed by atoms with Gasteiger partial charge < -0.3 is 4.90 Å². The molecule has 1 aliphatic heterocycles. The molecule has 0 bridgehead atoms. The van der Waals surface area contributed by atoms with Crippen LogP contribution in [0.2, 0.25) is 0 Å². The maximum atomic E-state index is 11.5. The standard InChI is InChI=1S/C9H18N2O3S/c1-7-10-5-8(12)11(7)6-9(2,3)15(4,13)14/h7,10H,5-6H2,1-4H3. The van der Waals surface area contributed by atoms with Gasteiger partial charge in [0.25, 0.3) is 0 Å². The fraction of sp³-hybridized carbons (Fsp3) is 0.889. The average Bonchev–Trinajstić information content (AvgIpc) is 2.33. The minimum absolute atomic E-state index is 0.0424. The Morgan fingerprint density at radius 3 is 2.40 bits per heavy atom. The van der Waals surface area contributed by atoms with E-state index >= 15 is 0 Å². The zero-order valence-electron chi connectivity index (χ0n) is 9.57. The van der Waals surface area contributed by atoms with Crippen LogP contribution in [0, 0.1) is 0 Å². The zero-order valence-corrected chi connectivity index (χ0v) is 10.4. The molecule has 1 saturated heterocycles. The van der Waals surface area contributed by atoms with E-state index in [0.29, 0.717) is 6.54 Å². The monoisotopic (exact) mass is 234 g/mol. The maximum absolute atomic E-state index is 11.5. The minimum atomic E-state index is -3.16. The molecule has 1 heterocycles. The fourth-order valence-electron chi connectivity index (χ4n) is 1.42. The molecule has 1 aliphatic rings. The summed E-state index contributed by atoms with van der Waals surface area (Å²) in [5, 5.41) is 2.97. The Balaban J connectivity index is 2.82. The lowest BCUT2D eigenvalue weighted by molar-refractivity contribution is -0.128. The second-order valence-electron chi connectivity index (χ2n) is 4.61. The lowest BCUT2D eigenvalue weighted by atomic mass is 10.2. The molecule has 0 aromatic carbocycles. The molecule has 1 unspecified atom stereocenters. The van der Waals surface area contributed by atoms with Gasteiger partial charge in [0.15, 0.2) is 9.84 Å². The lowest BCUT2D eigenvalue weighted by Gasteiger charge is -2.30. The first-order valence-electron chi connectivity index (χ1n) is 4.87. The van der Waals surface area contributed by atoms with Crippen LogP contribution in [0.3, 0.4) is 0 Å². The molecule has 1 atom stereocenters. The van der Waals surface area contributed by atoms with E-state index in [1.54, 1.807) is 18.7 Å². The van der Waals surface area contributed by atoms with Gasteiger partial charge in [0.1, 0.15) is 0 Å². The number of hydrogen-bond acceptors (Lipinski definition) is 4. The number of hydrogen-bond donors (Lipinski definition) is 1. The third-order valence-corrected chi connectivity index (χ3v) is 5.03. The average molecular weight is 234 g/mol. The van der Waals surface area contributed by atoms with Crippen molar-refractivity contribution < 1.29 is 13.2 Å². The van der Waals surface area contributed by atoms with Gasteiger partial charge in [-0.05, 0) is 20.8 Å². The van der Waals surface area contributed by atoms with Crippen molar-refractivity contribution in [2.24, 2.45) is 0 Å². The Bertz CT molecular complexity index is 362. The quantitative estimate of drug-likeness (QED) is 0.721. The Kier molecular flexibility index (Phi) is 3.11. The fourth-order valence-corrected chi connectivity index (χ4v) is 1.79. The van der Waals surface area contributed by atoms with Gasteiger partial charge in [-0.25, -0.2) is 8.42 Å². The Hall–Kier alpha value is -0.620. The third-order valence-electron chi connectivity index (χ3n) is 2.89. The summed E-state index contributed by atoms with van der Waals surface area (Å²) < 4.78 is 22.1. The number of rotatable bonds is 3. The molecule has 0 aromatic rings. The predicted molar refractivity (Wildman–Crippen MR) is 58.1 cm³/mol. The molecule has 6 heteroatoms. The molecular weight excluding hydrogens is 216 g/mol. The highest BCUT2D eigenvalue weighted by molar-refractivity contribution is 7.92. The molecule has 15 heavy (non-hydrogen) atoms. The minimum Gasteiger partial charge on any atom is -0.325 e. The first kappa shape index (κ1) is 12.4. The van der Waals surface area contributed by atoms with Crippen molar-refractivity contribution in [3.05, 3.63) is 0 Å². The summed E-state index contributed by atoms with van der Waals surface area (Å²) in [5.41, 5.74) is 0. The van der Waals surface area contributed by atoms with Crippen LogP contribution in [-0.2, 0) is 14.6 Å². The van der Waals surface area contributed by atoms with Gasteiger partial charge in [-0.3, -0.25) is 10.1 Å². The molecule has 1 fully saturated rings. The number of sulfone groups is 1. The highest BCUT2D eigenvalue weighted by Gasteiger charge is 2.37. The van der Waals surface area contributed by atoms with Gasteiger partial charge in [-0.1, -0.05) is 0 Å². The van der Waals surface area contributed by atoms with E-state index in [-0.39, 0.29) is 18.6 Å². The number of nitrogens with zero attached hydrogens (tertiary/aromatic N) is 1. The third kappa shape index (κ3) is 2.49. The van der Waals surface area contributed by atoms with Crippen LogP contribution in [0.4, 0.5) is 0 Å². The molecule has 1 amide bonds. The Labute approximate surface area is 90.7 Å². The zero-order chi connectivity index (χ0) is 11.9. The second kappa shape index (κ2) is 3.75. The highest BCUT2D eigenvalue weighted by atomic mass is 32.2. The summed E-state index contributed by atoms with van der Waals surface area (Å²) in [5.74, 6) is -0.0424. The number of nitrogens with one attached hydrogen (secondary N) is 1. The lowest BCUT2D eigenvalue weighted by Crippen LogP contribution is -2.47. The molecule has 0 aromatic heterocycles. The number of amides is 1. The van der Waals surface area contributed by atoms with Crippen molar-refractivity contribution in [1.82, 2.24) is 10.2 Å². The molecule has 88 valence electrons. The van der Waals surface area contributed by atoms with E-state index in [2.05, 4.69) is 5.32 Å². The molecule has 0 spiro atoms. The van der Waals surface area contributed by atoms with Gasteiger partial charge in [0.05, 0.1) is 17.5 Å². The maximum Gasteiger partial charge on any atom is 0.237 e. The van der Waals surface area contributed by atoms with Crippen LogP contribution in [0.1, 0.15) is 20.8 Å². The summed E-state index contributed by atoms with van der Waals surface area (Å²) in [4.78, 5) is 13.0. The normalized spacial score (nSPS) is 23.6.